The van der Waals surface area contributed by atoms with Crippen molar-refractivity contribution in [2.45, 2.75) is 19.4 Å². The number of halogens is 2. The lowest BCUT2D eigenvalue weighted by Gasteiger charge is -2.18. The molecule has 0 saturated heterocycles. The Kier molecular flexibility index (Phi) is 5.70. The maximum atomic E-state index is 12.5. The minimum Gasteiger partial charge on any atom is -0.454 e. The van der Waals surface area contributed by atoms with Gasteiger partial charge in [-0.05, 0) is 60.9 Å². The molecular weight excluding hydrogens is 405 g/mol. The van der Waals surface area contributed by atoms with E-state index in [2.05, 4.69) is 11.1 Å². The Morgan fingerprint density at radius 3 is 2.38 bits per heavy atom. The highest BCUT2D eigenvalue weighted by atomic mass is 35.5. The van der Waals surface area contributed by atoms with Gasteiger partial charge in [0, 0.05) is 27.7 Å². The minimum absolute atomic E-state index is 0.365. The van der Waals surface area contributed by atoms with E-state index in [1.54, 1.807) is 24.3 Å². The number of nitrogens with zero attached hydrogens (tertiary/aromatic N) is 1. The highest BCUT2D eigenvalue weighted by molar-refractivity contribution is 6.31. The number of ether oxygens (including phenoxy) is 1. The molecule has 3 aromatic rings. The van der Waals surface area contributed by atoms with E-state index in [4.69, 9.17) is 27.9 Å². The molecule has 3 nitrogen and oxygen atoms in total. The number of benzene rings is 3. The first-order chi connectivity index (χ1) is 14.0. The van der Waals surface area contributed by atoms with Gasteiger partial charge in [-0.15, -0.1) is 0 Å². The number of carbonyl (C=O) groups is 1. The van der Waals surface area contributed by atoms with Crippen LogP contribution in [-0.4, -0.2) is 18.2 Å². The van der Waals surface area contributed by atoms with Gasteiger partial charge in [0.1, 0.15) is 6.10 Å². The summed E-state index contributed by atoms with van der Waals surface area (Å²) in [5.74, 6) is -0.368. The third-order valence-electron chi connectivity index (χ3n) is 5.00. The summed E-state index contributed by atoms with van der Waals surface area (Å²) < 4.78 is 5.59. The van der Waals surface area contributed by atoms with Crippen LogP contribution in [-0.2, 0) is 11.2 Å². The molecule has 0 aliphatic carbocycles. The van der Waals surface area contributed by atoms with Gasteiger partial charge in [0.05, 0.1) is 11.3 Å². The van der Waals surface area contributed by atoms with Crippen LogP contribution >= 0.6 is 23.2 Å². The Morgan fingerprint density at radius 2 is 1.66 bits per heavy atom. The Bertz CT molecular complexity index is 1070. The molecule has 0 aromatic heterocycles. The smallest absolute Gasteiger partial charge is 0.338 e. The molecule has 1 aliphatic rings. The van der Waals surface area contributed by atoms with Crippen molar-refractivity contribution in [2.75, 3.05) is 6.54 Å². The van der Waals surface area contributed by atoms with E-state index >= 15 is 0 Å². The largest absolute Gasteiger partial charge is 0.454 e. The number of fused-ring (bicyclic) bond motifs is 1. The number of hydrogen-bond acceptors (Lipinski definition) is 3. The van der Waals surface area contributed by atoms with E-state index in [-0.39, 0.29) is 12.1 Å². The fourth-order valence-corrected chi connectivity index (χ4v) is 3.70. The zero-order valence-corrected chi connectivity index (χ0v) is 17.4. The van der Waals surface area contributed by atoms with Gasteiger partial charge in [-0.1, -0.05) is 53.5 Å². The van der Waals surface area contributed by atoms with Crippen molar-refractivity contribution >= 4 is 34.9 Å². The van der Waals surface area contributed by atoms with Crippen LogP contribution < -0.4 is 0 Å². The van der Waals surface area contributed by atoms with E-state index in [1.807, 2.05) is 43.3 Å². The summed E-state index contributed by atoms with van der Waals surface area (Å²) in [4.78, 5) is 17.2. The van der Waals surface area contributed by atoms with Crippen LogP contribution in [0.3, 0.4) is 0 Å². The molecule has 0 radical (unpaired) electrons. The van der Waals surface area contributed by atoms with Gasteiger partial charge in [0.2, 0.25) is 0 Å². The molecule has 0 N–H and O–H groups in total. The normalized spacial score (nSPS) is 14.0. The molecule has 4 rings (SSSR count). The average Bonchev–Trinajstić information content (AvgIpc) is 2.74. The van der Waals surface area contributed by atoms with Crippen LogP contribution in [0, 0.1) is 0 Å². The molecule has 3 aromatic carbocycles. The van der Waals surface area contributed by atoms with Crippen molar-refractivity contribution in [3.8, 4) is 0 Å². The van der Waals surface area contributed by atoms with E-state index in [0.717, 1.165) is 35.4 Å². The number of carbonyl (C=O) groups excluding carboxylic acids is 1. The lowest BCUT2D eigenvalue weighted by Crippen LogP contribution is -2.14. The zero-order valence-electron chi connectivity index (χ0n) is 15.9. The standard InChI is InChI=1S/C24H19Cl2NO2/c1-15(16-6-9-20(25)10-7-16)29-24(28)19-4-2-18(3-5-19)23-22-14-21(26)11-8-17(22)12-13-27-23/h2-11,14-15H,12-13H2,1H3. The second kappa shape index (κ2) is 8.40. The quantitative estimate of drug-likeness (QED) is 0.461. The number of aliphatic imine (C=N–C) groups is 1. The highest BCUT2D eigenvalue weighted by Gasteiger charge is 2.18. The minimum atomic E-state index is -0.368. The van der Waals surface area contributed by atoms with Crippen LogP contribution in [0.4, 0.5) is 0 Å². The predicted octanol–water partition coefficient (Wildman–Crippen LogP) is 6.30. The van der Waals surface area contributed by atoms with Crippen LogP contribution in [0.25, 0.3) is 0 Å². The van der Waals surface area contributed by atoms with E-state index < -0.39 is 0 Å². The number of rotatable bonds is 4. The first kappa shape index (κ1) is 19.7. The topological polar surface area (TPSA) is 38.7 Å². The van der Waals surface area contributed by atoms with E-state index in [1.165, 1.54) is 5.56 Å². The SMILES string of the molecule is CC(OC(=O)c1ccc(C2=NCCc3ccc(Cl)cc32)cc1)c1ccc(Cl)cc1. The Morgan fingerprint density at radius 1 is 0.966 bits per heavy atom. The van der Waals surface area contributed by atoms with Gasteiger partial charge in [-0.2, -0.15) is 0 Å². The van der Waals surface area contributed by atoms with Gasteiger partial charge < -0.3 is 4.74 Å². The maximum Gasteiger partial charge on any atom is 0.338 e. The summed E-state index contributed by atoms with van der Waals surface area (Å²) >= 11 is 12.1. The summed E-state index contributed by atoms with van der Waals surface area (Å²) in [6.45, 7) is 2.58. The molecule has 1 aliphatic heterocycles. The molecule has 5 heteroatoms. The van der Waals surface area contributed by atoms with Gasteiger partial charge in [0.15, 0.2) is 0 Å². The Labute approximate surface area is 180 Å². The van der Waals surface area contributed by atoms with Gasteiger partial charge in [0.25, 0.3) is 0 Å². The lowest BCUT2D eigenvalue weighted by atomic mass is 9.93. The van der Waals surface area contributed by atoms with E-state index in [9.17, 15) is 4.79 Å². The van der Waals surface area contributed by atoms with Crippen molar-refractivity contribution in [1.29, 1.82) is 0 Å². The van der Waals surface area contributed by atoms with Gasteiger partial charge in [-0.25, -0.2) is 4.79 Å². The monoisotopic (exact) mass is 423 g/mol. The summed E-state index contributed by atoms with van der Waals surface area (Å²) in [7, 11) is 0. The summed E-state index contributed by atoms with van der Waals surface area (Å²) in [5, 5.41) is 1.34. The second-order valence-corrected chi connectivity index (χ2v) is 7.83. The number of hydrogen-bond donors (Lipinski definition) is 0. The Hall–Kier alpha value is -2.62. The van der Waals surface area contributed by atoms with Crippen molar-refractivity contribution in [3.63, 3.8) is 0 Å². The molecule has 0 amide bonds. The van der Waals surface area contributed by atoms with Crippen molar-refractivity contribution in [1.82, 2.24) is 0 Å². The fraction of sp³-hybridized carbons (Fsp3) is 0.167. The lowest BCUT2D eigenvalue weighted by molar-refractivity contribution is 0.0338. The second-order valence-electron chi connectivity index (χ2n) is 6.96. The average molecular weight is 424 g/mol. The fourth-order valence-electron chi connectivity index (χ4n) is 3.40. The Balaban J connectivity index is 1.51. The van der Waals surface area contributed by atoms with Crippen LogP contribution in [0.2, 0.25) is 10.0 Å². The van der Waals surface area contributed by atoms with Gasteiger partial charge >= 0.3 is 5.97 Å². The molecule has 1 heterocycles. The van der Waals surface area contributed by atoms with Crippen molar-refractivity contribution in [3.05, 3.63) is 105 Å². The summed E-state index contributed by atoms with van der Waals surface area (Å²) in [6, 6.07) is 20.5. The highest BCUT2D eigenvalue weighted by Crippen LogP contribution is 2.25. The first-order valence-corrected chi connectivity index (χ1v) is 10.2. The number of esters is 1. The summed E-state index contributed by atoms with van der Waals surface area (Å²) in [5.41, 5.74) is 5.54. The zero-order chi connectivity index (χ0) is 20.4. The molecule has 146 valence electrons. The van der Waals surface area contributed by atoms with E-state index in [0.29, 0.717) is 15.6 Å². The molecule has 29 heavy (non-hydrogen) atoms. The van der Waals surface area contributed by atoms with Crippen LogP contribution in [0.1, 0.15) is 45.6 Å². The van der Waals surface area contributed by atoms with Crippen molar-refractivity contribution < 1.29 is 9.53 Å². The third kappa shape index (κ3) is 4.36. The third-order valence-corrected chi connectivity index (χ3v) is 5.48. The van der Waals surface area contributed by atoms with Crippen LogP contribution in [0.5, 0.6) is 0 Å². The molecular formula is C24H19Cl2NO2. The molecule has 0 saturated carbocycles. The maximum absolute atomic E-state index is 12.5. The van der Waals surface area contributed by atoms with Crippen LogP contribution in [0.15, 0.2) is 71.7 Å². The molecule has 0 spiro atoms. The predicted molar refractivity (Wildman–Crippen MR) is 117 cm³/mol. The van der Waals surface area contributed by atoms with Crippen molar-refractivity contribution in [2.24, 2.45) is 4.99 Å². The van der Waals surface area contributed by atoms with Gasteiger partial charge in [-0.3, -0.25) is 4.99 Å². The first-order valence-electron chi connectivity index (χ1n) is 9.41. The summed E-state index contributed by atoms with van der Waals surface area (Å²) in [6.07, 6.45) is 0.541. The molecule has 1 unspecified atom stereocenters. The molecule has 0 bridgehead atoms. The molecule has 1 atom stereocenters. The molecule has 0 fully saturated rings.